The monoisotopic (exact) mass is 226 g/mol. The summed E-state index contributed by atoms with van der Waals surface area (Å²) in [6.07, 6.45) is 5.14. The highest BCUT2D eigenvalue weighted by Crippen LogP contribution is 2.46. The van der Waals surface area contributed by atoms with Gasteiger partial charge in [0.25, 0.3) is 0 Å². The third-order valence-electron chi connectivity index (χ3n) is 4.40. The fourth-order valence-corrected chi connectivity index (χ4v) is 3.20. The number of rotatable bonds is 2. The van der Waals surface area contributed by atoms with Crippen molar-refractivity contribution in [2.75, 3.05) is 0 Å². The number of fused-ring (bicyclic) bond motifs is 2. The van der Waals surface area contributed by atoms with Crippen LogP contribution in [-0.2, 0) is 0 Å². The Morgan fingerprint density at radius 2 is 2.18 bits per heavy atom. The molecule has 1 heterocycles. The van der Waals surface area contributed by atoms with Crippen LogP contribution in [0.3, 0.4) is 0 Å². The van der Waals surface area contributed by atoms with Crippen LogP contribution in [0, 0.1) is 11.8 Å². The van der Waals surface area contributed by atoms with Crippen LogP contribution in [-0.4, -0.2) is 0 Å². The van der Waals surface area contributed by atoms with Crippen molar-refractivity contribution in [2.45, 2.75) is 39.5 Å². The molecule has 3 rings (SSSR count). The number of benzene rings is 1. The molecule has 2 unspecified atom stereocenters. The van der Waals surface area contributed by atoms with Gasteiger partial charge in [0.1, 0.15) is 0 Å². The van der Waals surface area contributed by atoms with Crippen LogP contribution in [0.25, 0.3) is 5.57 Å². The first-order valence-electron chi connectivity index (χ1n) is 6.85. The fourth-order valence-electron chi connectivity index (χ4n) is 3.20. The molecule has 1 aliphatic heterocycles. The number of hydrogen-bond donors (Lipinski definition) is 0. The highest BCUT2D eigenvalue weighted by molar-refractivity contribution is 5.82. The predicted molar refractivity (Wildman–Crippen MR) is 72.0 cm³/mol. The maximum absolute atomic E-state index is 4.90. The molecule has 0 fully saturated rings. The Morgan fingerprint density at radius 1 is 1.35 bits per heavy atom. The van der Waals surface area contributed by atoms with E-state index in [2.05, 4.69) is 38.1 Å². The maximum atomic E-state index is 4.90. The van der Waals surface area contributed by atoms with Gasteiger partial charge in [-0.1, -0.05) is 38.5 Å². The summed E-state index contributed by atoms with van der Waals surface area (Å²) in [5.41, 5.74) is 5.55. The molecule has 1 radical (unpaired) electrons. The van der Waals surface area contributed by atoms with E-state index in [0.717, 1.165) is 5.92 Å². The van der Waals surface area contributed by atoms with E-state index in [1.807, 2.05) is 0 Å². The Hall–Kier alpha value is -1.24. The van der Waals surface area contributed by atoms with Gasteiger partial charge >= 0.3 is 0 Å². The maximum Gasteiger partial charge on any atom is 0.0708 e. The summed E-state index contributed by atoms with van der Waals surface area (Å²) in [5, 5.41) is 4.90. The van der Waals surface area contributed by atoms with Crippen molar-refractivity contribution in [3.05, 3.63) is 35.5 Å². The van der Waals surface area contributed by atoms with E-state index < -0.39 is 0 Å². The zero-order valence-corrected chi connectivity index (χ0v) is 10.7. The summed E-state index contributed by atoms with van der Waals surface area (Å²) in [4.78, 5) is 0. The van der Waals surface area contributed by atoms with Crippen LogP contribution >= 0.6 is 0 Å². The molecule has 17 heavy (non-hydrogen) atoms. The normalized spacial score (nSPS) is 24.0. The van der Waals surface area contributed by atoms with Crippen LogP contribution in [0.15, 0.2) is 30.0 Å². The Balaban J connectivity index is 1.99. The summed E-state index contributed by atoms with van der Waals surface area (Å²) < 4.78 is 0. The van der Waals surface area contributed by atoms with E-state index in [4.69, 9.17) is 5.32 Å². The van der Waals surface area contributed by atoms with Crippen molar-refractivity contribution in [2.24, 2.45) is 11.8 Å². The molecule has 2 aliphatic rings. The molecule has 1 aromatic rings. The standard InChI is InChI=1S/C16H20N/c1-3-11(2)12-8-6-9-14-13-7-4-5-10-15(13)17-16(12)14/h4-5,7,10-12H,3,6,8-9H2,1-2H3. The molecule has 0 spiro atoms. The van der Waals surface area contributed by atoms with E-state index in [1.165, 1.54) is 48.2 Å². The zero-order valence-electron chi connectivity index (χ0n) is 10.7. The van der Waals surface area contributed by atoms with Gasteiger partial charge in [0.05, 0.1) is 5.69 Å². The van der Waals surface area contributed by atoms with Gasteiger partial charge < -0.3 is 0 Å². The van der Waals surface area contributed by atoms with Crippen LogP contribution < -0.4 is 5.32 Å². The lowest BCUT2D eigenvalue weighted by Gasteiger charge is -2.28. The largest absolute Gasteiger partial charge is 0.252 e. The lowest BCUT2D eigenvalue weighted by Crippen LogP contribution is -2.20. The van der Waals surface area contributed by atoms with Crippen molar-refractivity contribution >= 4 is 11.3 Å². The highest BCUT2D eigenvalue weighted by Gasteiger charge is 2.33. The summed E-state index contributed by atoms with van der Waals surface area (Å²) in [7, 11) is 0. The van der Waals surface area contributed by atoms with E-state index in [9.17, 15) is 0 Å². The second-order valence-electron chi connectivity index (χ2n) is 5.38. The molecule has 0 saturated carbocycles. The van der Waals surface area contributed by atoms with Crippen molar-refractivity contribution in [1.82, 2.24) is 5.32 Å². The average Bonchev–Trinajstić information content (AvgIpc) is 2.76. The van der Waals surface area contributed by atoms with Crippen molar-refractivity contribution in [1.29, 1.82) is 0 Å². The second-order valence-corrected chi connectivity index (χ2v) is 5.38. The number of para-hydroxylation sites is 1. The number of hydrogen-bond acceptors (Lipinski definition) is 0. The molecule has 0 bridgehead atoms. The molecule has 1 aliphatic carbocycles. The van der Waals surface area contributed by atoms with Gasteiger partial charge in [-0.15, -0.1) is 0 Å². The number of allylic oxidation sites excluding steroid dienone is 2. The molecule has 89 valence electrons. The van der Waals surface area contributed by atoms with E-state index in [1.54, 1.807) is 0 Å². The van der Waals surface area contributed by atoms with E-state index in [0.29, 0.717) is 5.92 Å². The predicted octanol–water partition coefficient (Wildman–Crippen LogP) is 4.49. The Morgan fingerprint density at radius 3 is 3.00 bits per heavy atom. The van der Waals surface area contributed by atoms with Gasteiger partial charge in [-0.2, -0.15) is 0 Å². The van der Waals surface area contributed by atoms with Gasteiger partial charge in [0.2, 0.25) is 0 Å². The van der Waals surface area contributed by atoms with Gasteiger partial charge in [-0.25, -0.2) is 0 Å². The van der Waals surface area contributed by atoms with Crippen molar-refractivity contribution < 1.29 is 0 Å². The van der Waals surface area contributed by atoms with Crippen molar-refractivity contribution in [3.63, 3.8) is 0 Å². The lowest BCUT2D eigenvalue weighted by molar-refractivity contribution is 0.350. The third kappa shape index (κ3) is 1.69. The molecule has 1 nitrogen and oxygen atoms in total. The second kappa shape index (κ2) is 4.21. The Kier molecular flexibility index (Phi) is 2.70. The molecule has 0 aromatic heterocycles. The van der Waals surface area contributed by atoms with E-state index in [-0.39, 0.29) is 0 Å². The molecule has 0 N–H and O–H groups in total. The van der Waals surface area contributed by atoms with Crippen LogP contribution in [0.1, 0.15) is 45.1 Å². The van der Waals surface area contributed by atoms with Gasteiger partial charge in [-0.3, -0.25) is 5.32 Å². The molecule has 0 saturated heterocycles. The molecular formula is C16H20N. The molecular weight excluding hydrogens is 206 g/mol. The SMILES string of the molecule is CCC(C)C1CCCC2=C1[N]c1ccccc12. The smallest absolute Gasteiger partial charge is 0.0708 e. The summed E-state index contributed by atoms with van der Waals surface area (Å²) >= 11 is 0. The van der Waals surface area contributed by atoms with Crippen molar-refractivity contribution in [3.8, 4) is 0 Å². The van der Waals surface area contributed by atoms with Crippen LogP contribution in [0.2, 0.25) is 0 Å². The van der Waals surface area contributed by atoms with Crippen LogP contribution in [0.4, 0.5) is 5.69 Å². The van der Waals surface area contributed by atoms with Gasteiger partial charge in [0.15, 0.2) is 0 Å². The fraction of sp³-hybridized carbons (Fsp3) is 0.500. The first-order valence-corrected chi connectivity index (χ1v) is 6.85. The van der Waals surface area contributed by atoms with Gasteiger partial charge in [-0.05, 0) is 36.8 Å². The van der Waals surface area contributed by atoms with Gasteiger partial charge in [0, 0.05) is 17.2 Å². The lowest BCUT2D eigenvalue weighted by atomic mass is 9.78. The molecule has 1 aromatic carbocycles. The Bertz CT molecular complexity index is 458. The highest BCUT2D eigenvalue weighted by atomic mass is 14.9. The first kappa shape index (κ1) is 10.9. The minimum Gasteiger partial charge on any atom is -0.252 e. The van der Waals surface area contributed by atoms with E-state index >= 15 is 0 Å². The average molecular weight is 226 g/mol. The number of nitrogens with zero attached hydrogens (tertiary/aromatic N) is 1. The summed E-state index contributed by atoms with van der Waals surface area (Å²) in [6, 6.07) is 8.62. The minimum atomic E-state index is 0.691. The summed E-state index contributed by atoms with van der Waals surface area (Å²) in [6.45, 7) is 4.67. The topological polar surface area (TPSA) is 14.1 Å². The third-order valence-corrected chi connectivity index (χ3v) is 4.40. The molecule has 1 heteroatoms. The quantitative estimate of drug-likeness (QED) is 0.705. The molecule has 2 atom stereocenters. The first-order chi connectivity index (χ1) is 8.31. The summed E-state index contributed by atoms with van der Waals surface area (Å²) in [5.74, 6) is 1.45. The minimum absolute atomic E-state index is 0.691. The Labute approximate surface area is 104 Å². The zero-order chi connectivity index (χ0) is 11.8. The van der Waals surface area contributed by atoms with Crippen LogP contribution in [0.5, 0.6) is 0 Å². The molecule has 0 amide bonds.